The van der Waals surface area contributed by atoms with Gasteiger partial charge in [-0.2, -0.15) is 0 Å². The summed E-state index contributed by atoms with van der Waals surface area (Å²) >= 11 is 0. The molecule has 1 N–H and O–H groups in total. The topological polar surface area (TPSA) is 102 Å². The van der Waals surface area contributed by atoms with Gasteiger partial charge in [0.15, 0.2) is 0 Å². The van der Waals surface area contributed by atoms with E-state index in [2.05, 4.69) is 0 Å². The fourth-order valence-electron chi connectivity index (χ4n) is 2.05. The summed E-state index contributed by atoms with van der Waals surface area (Å²) in [6.45, 7) is 12.3. The summed E-state index contributed by atoms with van der Waals surface area (Å²) in [7, 11) is -4.03. The first-order chi connectivity index (χ1) is 11.0. The van der Waals surface area contributed by atoms with Crippen LogP contribution in [0.5, 0.6) is 0 Å². The van der Waals surface area contributed by atoms with Gasteiger partial charge in [-0.25, -0.2) is 22.7 Å². The summed E-state index contributed by atoms with van der Waals surface area (Å²) in [4.78, 5) is 25.2. The molecule has 2 amide bonds. The summed E-state index contributed by atoms with van der Waals surface area (Å²) in [5.74, 6) is 0. The molecule has 1 atom stereocenters. The molecule has 0 aliphatic carbocycles. The predicted octanol–water partition coefficient (Wildman–Crippen LogP) is 2.75. The Morgan fingerprint density at radius 2 is 1.60 bits per heavy atom. The predicted molar refractivity (Wildman–Crippen MR) is 93.4 cm³/mol. The number of amides is 2. The van der Waals surface area contributed by atoms with E-state index in [0.29, 0.717) is 13.0 Å². The van der Waals surface area contributed by atoms with Crippen LogP contribution in [0.15, 0.2) is 11.5 Å². The molecule has 0 radical (unpaired) electrons. The van der Waals surface area contributed by atoms with Gasteiger partial charge in [0.25, 0.3) is 10.0 Å². The van der Waals surface area contributed by atoms with Crippen LogP contribution in [0.1, 0.15) is 54.9 Å². The second kappa shape index (κ2) is 6.86. The van der Waals surface area contributed by atoms with Crippen LogP contribution in [0.25, 0.3) is 0 Å². The van der Waals surface area contributed by atoms with Crippen molar-refractivity contribution in [2.75, 3.05) is 6.54 Å². The lowest BCUT2D eigenvalue weighted by Crippen LogP contribution is -2.60. The quantitative estimate of drug-likeness (QED) is 0.812. The maximum absolute atomic E-state index is 12.1. The summed E-state index contributed by atoms with van der Waals surface area (Å²) in [6.07, 6.45) is 0.390. The first kappa shape index (κ1) is 21.3. The van der Waals surface area contributed by atoms with Gasteiger partial charge in [-0.05, 0) is 61.0 Å². The third kappa shape index (κ3) is 6.93. The van der Waals surface area contributed by atoms with Crippen molar-refractivity contribution in [2.24, 2.45) is 0 Å². The van der Waals surface area contributed by atoms with Crippen molar-refractivity contribution in [3.8, 4) is 0 Å². The van der Waals surface area contributed by atoms with Crippen LogP contribution in [-0.2, 0) is 19.5 Å². The average molecular weight is 376 g/mol. The number of carbonyl (C=O) groups is 2. The molecule has 0 saturated carbocycles. The van der Waals surface area contributed by atoms with E-state index in [4.69, 9.17) is 9.47 Å². The largest absolute Gasteiger partial charge is 0.444 e. The van der Waals surface area contributed by atoms with Gasteiger partial charge in [0.05, 0.1) is 5.54 Å². The lowest BCUT2D eigenvalue weighted by Gasteiger charge is -2.48. The summed E-state index contributed by atoms with van der Waals surface area (Å²) in [5, 5.41) is 0.869. The Kier molecular flexibility index (Phi) is 5.83. The third-order valence-electron chi connectivity index (χ3n) is 3.30. The number of hydrogen-bond donors (Lipinski definition) is 1. The first-order valence-electron chi connectivity index (χ1n) is 7.99. The Labute approximate surface area is 149 Å². The van der Waals surface area contributed by atoms with Crippen molar-refractivity contribution in [3.63, 3.8) is 0 Å². The molecule has 8 nitrogen and oxygen atoms in total. The SMILES string of the molecule is CC(C)(C)OC(=O)NS(=O)(=O)/C=C/[C@]1(C)CCN1C(=O)OC(C)(C)C. The summed E-state index contributed by atoms with van der Waals surface area (Å²) < 4.78 is 36.0. The molecule has 1 aliphatic heterocycles. The molecule has 0 spiro atoms. The maximum Gasteiger partial charge on any atom is 0.421 e. The molecule has 0 aromatic carbocycles. The Hall–Kier alpha value is -1.77. The number of rotatable bonds is 3. The number of nitrogens with one attached hydrogen (secondary N) is 1. The van der Waals surface area contributed by atoms with E-state index in [9.17, 15) is 18.0 Å². The first-order valence-corrected chi connectivity index (χ1v) is 9.53. The number of nitrogens with zero attached hydrogens (tertiary/aromatic N) is 1. The van der Waals surface area contributed by atoms with Crippen molar-refractivity contribution in [1.29, 1.82) is 0 Å². The number of sulfonamides is 1. The highest BCUT2D eigenvalue weighted by Crippen LogP contribution is 2.33. The summed E-state index contributed by atoms with van der Waals surface area (Å²) in [5.41, 5.74) is -2.23. The molecule has 144 valence electrons. The minimum atomic E-state index is -4.03. The fourth-order valence-corrected chi connectivity index (χ4v) is 2.87. The van der Waals surface area contributed by atoms with Crippen molar-refractivity contribution in [2.45, 2.75) is 71.6 Å². The van der Waals surface area contributed by atoms with Crippen LogP contribution >= 0.6 is 0 Å². The zero-order chi connectivity index (χ0) is 19.7. The molecule has 0 aromatic rings. The molecule has 9 heteroatoms. The van der Waals surface area contributed by atoms with Gasteiger partial charge >= 0.3 is 12.2 Å². The van der Waals surface area contributed by atoms with E-state index in [1.807, 2.05) is 0 Å². The van der Waals surface area contributed by atoms with Gasteiger partial charge < -0.3 is 9.47 Å². The molecule has 1 fully saturated rings. The van der Waals surface area contributed by atoms with E-state index < -0.39 is 39.0 Å². The van der Waals surface area contributed by atoms with E-state index >= 15 is 0 Å². The zero-order valence-corrected chi connectivity index (χ0v) is 16.7. The van der Waals surface area contributed by atoms with Crippen molar-refractivity contribution < 1.29 is 27.5 Å². The standard InChI is InChI=1S/C16H28N2O6S/c1-14(2,3)23-12(19)17-25(21,22)11-9-16(7)8-10-18(16)13(20)24-15(4,5)6/h9,11H,8,10H2,1-7H3,(H,17,19)/b11-9+/t16-/m0/s1. The van der Waals surface area contributed by atoms with Crippen LogP contribution in [0.2, 0.25) is 0 Å². The summed E-state index contributed by atoms with van der Waals surface area (Å²) in [6, 6.07) is 0. The highest BCUT2D eigenvalue weighted by Gasteiger charge is 2.43. The number of ether oxygens (including phenoxy) is 2. The smallest absolute Gasteiger partial charge is 0.421 e. The highest BCUT2D eigenvalue weighted by atomic mass is 32.2. The van der Waals surface area contributed by atoms with Gasteiger partial charge in [0, 0.05) is 12.0 Å². The van der Waals surface area contributed by atoms with Crippen LogP contribution in [0.4, 0.5) is 9.59 Å². The second-order valence-corrected chi connectivity index (χ2v) is 9.76. The Bertz CT molecular complexity index is 657. The Balaban J connectivity index is 2.75. The molecule has 1 aliphatic rings. The van der Waals surface area contributed by atoms with E-state index in [-0.39, 0.29) is 0 Å². The Morgan fingerprint density at radius 1 is 1.08 bits per heavy atom. The monoisotopic (exact) mass is 376 g/mol. The molecular weight excluding hydrogens is 348 g/mol. The van der Waals surface area contributed by atoms with Gasteiger partial charge in [-0.15, -0.1) is 0 Å². The van der Waals surface area contributed by atoms with Crippen LogP contribution in [-0.4, -0.2) is 48.8 Å². The normalized spacial score (nSPS) is 21.6. The number of likely N-dealkylation sites (tertiary alicyclic amines) is 1. The average Bonchev–Trinajstić information content (AvgIpc) is 2.28. The van der Waals surface area contributed by atoms with Gasteiger partial charge in [-0.1, -0.05) is 0 Å². The van der Waals surface area contributed by atoms with Crippen LogP contribution < -0.4 is 4.72 Å². The molecular formula is C16H28N2O6S. The number of carbonyl (C=O) groups excluding carboxylic acids is 2. The van der Waals surface area contributed by atoms with Crippen LogP contribution in [0, 0.1) is 0 Å². The molecule has 1 heterocycles. The van der Waals surface area contributed by atoms with Crippen molar-refractivity contribution in [1.82, 2.24) is 9.62 Å². The van der Waals surface area contributed by atoms with Crippen LogP contribution in [0.3, 0.4) is 0 Å². The van der Waals surface area contributed by atoms with Gasteiger partial charge in [-0.3, -0.25) is 4.90 Å². The van der Waals surface area contributed by atoms with E-state index in [1.54, 1.807) is 53.2 Å². The second-order valence-electron chi connectivity index (χ2n) is 8.19. The molecule has 1 rings (SSSR count). The zero-order valence-electron chi connectivity index (χ0n) is 15.9. The Morgan fingerprint density at radius 3 is 2.00 bits per heavy atom. The van der Waals surface area contributed by atoms with E-state index in [1.165, 1.54) is 11.0 Å². The molecule has 0 unspecified atom stereocenters. The highest BCUT2D eigenvalue weighted by molar-refractivity contribution is 7.92. The third-order valence-corrected chi connectivity index (χ3v) is 4.25. The minimum absolute atomic E-state index is 0.468. The molecule has 1 saturated heterocycles. The maximum atomic E-state index is 12.1. The number of hydrogen-bond acceptors (Lipinski definition) is 6. The minimum Gasteiger partial charge on any atom is -0.444 e. The molecule has 0 bridgehead atoms. The lowest BCUT2D eigenvalue weighted by molar-refractivity contribution is -0.0211. The molecule has 0 aromatic heterocycles. The van der Waals surface area contributed by atoms with E-state index in [0.717, 1.165) is 5.41 Å². The van der Waals surface area contributed by atoms with Gasteiger partial charge in [0.1, 0.15) is 11.2 Å². The van der Waals surface area contributed by atoms with Crippen molar-refractivity contribution >= 4 is 22.2 Å². The molecule has 25 heavy (non-hydrogen) atoms. The lowest BCUT2D eigenvalue weighted by atomic mass is 9.87. The van der Waals surface area contributed by atoms with Gasteiger partial charge in [0.2, 0.25) is 0 Å². The fraction of sp³-hybridized carbons (Fsp3) is 0.750. The van der Waals surface area contributed by atoms with Crippen molar-refractivity contribution in [3.05, 3.63) is 11.5 Å².